The van der Waals surface area contributed by atoms with Crippen LogP contribution in [0, 0.1) is 17.8 Å². The molecular weight excluding hydrogens is 250 g/mol. The summed E-state index contributed by atoms with van der Waals surface area (Å²) in [4.78, 5) is 0. The summed E-state index contributed by atoms with van der Waals surface area (Å²) < 4.78 is 0. The van der Waals surface area contributed by atoms with Crippen molar-refractivity contribution in [2.45, 2.75) is 58.9 Å². The predicted molar refractivity (Wildman–Crippen MR) is 85.8 cm³/mol. The Kier molecular flexibility index (Phi) is 5.90. The van der Waals surface area contributed by atoms with Crippen LogP contribution in [0.2, 0.25) is 0 Å². The van der Waals surface area contributed by atoms with Gasteiger partial charge in [0.2, 0.25) is 0 Å². The molecule has 2 heteroatoms. The molecule has 108 valence electrons. The number of rotatable bonds is 6. The number of hydrogen-bond acceptors (Lipinski definition) is 2. The average Bonchev–Trinajstić information content (AvgIpc) is 2.90. The van der Waals surface area contributed by atoms with Crippen LogP contribution in [-0.2, 0) is 6.42 Å². The topological polar surface area (TPSA) is 12.0 Å². The van der Waals surface area contributed by atoms with Gasteiger partial charge in [0.1, 0.15) is 0 Å². The van der Waals surface area contributed by atoms with Gasteiger partial charge in [0, 0.05) is 6.04 Å². The van der Waals surface area contributed by atoms with Crippen LogP contribution in [0.3, 0.4) is 0 Å². The van der Waals surface area contributed by atoms with Gasteiger partial charge in [-0.15, -0.1) is 0 Å². The summed E-state index contributed by atoms with van der Waals surface area (Å²) in [5.41, 5.74) is 1.56. The Bertz CT molecular complexity index is 344. The summed E-state index contributed by atoms with van der Waals surface area (Å²) in [5, 5.41) is 8.22. The summed E-state index contributed by atoms with van der Waals surface area (Å²) in [7, 11) is 0. The molecule has 1 fully saturated rings. The number of thiophene rings is 1. The minimum absolute atomic E-state index is 0.616. The van der Waals surface area contributed by atoms with Gasteiger partial charge in [-0.25, -0.2) is 0 Å². The number of nitrogens with one attached hydrogen (secondary N) is 1. The maximum atomic E-state index is 3.66. The Labute approximate surface area is 122 Å². The molecule has 1 aliphatic carbocycles. The molecule has 1 saturated carbocycles. The lowest BCUT2D eigenvalue weighted by Gasteiger charge is -2.36. The molecule has 2 rings (SSSR count). The largest absolute Gasteiger partial charge is 0.314 e. The second-order valence-electron chi connectivity index (χ2n) is 6.51. The van der Waals surface area contributed by atoms with Crippen LogP contribution >= 0.6 is 11.3 Å². The highest BCUT2D eigenvalue weighted by atomic mass is 32.1. The van der Waals surface area contributed by atoms with E-state index < -0.39 is 0 Å². The van der Waals surface area contributed by atoms with E-state index >= 15 is 0 Å². The lowest BCUT2D eigenvalue weighted by atomic mass is 9.71. The Morgan fingerprint density at radius 2 is 2.16 bits per heavy atom. The maximum Gasteiger partial charge on any atom is 0.00104 e. The summed E-state index contributed by atoms with van der Waals surface area (Å²) in [6, 6.07) is 2.93. The molecule has 19 heavy (non-hydrogen) atoms. The van der Waals surface area contributed by atoms with Crippen molar-refractivity contribution in [2.24, 2.45) is 17.8 Å². The van der Waals surface area contributed by atoms with Gasteiger partial charge in [-0.05, 0) is 66.0 Å². The van der Waals surface area contributed by atoms with E-state index in [2.05, 4.69) is 42.9 Å². The van der Waals surface area contributed by atoms with Gasteiger partial charge < -0.3 is 5.32 Å². The van der Waals surface area contributed by atoms with Crippen LogP contribution in [0.1, 0.15) is 52.0 Å². The zero-order chi connectivity index (χ0) is 13.7. The van der Waals surface area contributed by atoms with Gasteiger partial charge >= 0.3 is 0 Å². The van der Waals surface area contributed by atoms with E-state index in [9.17, 15) is 0 Å². The molecule has 0 radical (unpaired) electrons. The highest BCUT2D eigenvalue weighted by Gasteiger charge is 2.29. The third-order valence-electron chi connectivity index (χ3n) is 4.69. The van der Waals surface area contributed by atoms with Crippen molar-refractivity contribution < 1.29 is 0 Å². The van der Waals surface area contributed by atoms with Gasteiger partial charge in [0.25, 0.3) is 0 Å². The van der Waals surface area contributed by atoms with Crippen molar-refractivity contribution in [1.82, 2.24) is 5.32 Å². The lowest BCUT2D eigenvalue weighted by Crippen LogP contribution is -2.36. The first-order chi connectivity index (χ1) is 9.19. The first-order valence-electron chi connectivity index (χ1n) is 7.93. The molecule has 0 saturated heterocycles. The molecule has 1 aromatic rings. The molecule has 0 bridgehead atoms. The highest BCUT2D eigenvalue weighted by Crippen LogP contribution is 2.37. The SMILES string of the molecule is CCC1CCC(CNC(C)C)C(Cc2ccsc2)C1. The van der Waals surface area contributed by atoms with Crippen molar-refractivity contribution in [2.75, 3.05) is 6.54 Å². The van der Waals surface area contributed by atoms with Crippen molar-refractivity contribution in [3.8, 4) is 0 Å². The second kappa shape index (κ2) is 7.44. The minimum atomic E-state index is 0.616. The first kappa shape index (κ1) is 15.1. The molecule has 1 aromatic heterocycles. The zero-order valence-electron chi connectivity index (χ0n) is 12.7. The molecule has 0 spiro atoms. The fourth-order valence-electron chi connectivity index (χ4n) is 3.41. The standard InChI is InChI=1S/C17H29NS/c1-4-14-5-6-16(11-18-13(2)3)17(9-14)10-15-7-8-19-12-15/h7-8,12-14,16-18H,4-6,9-11H2,1-3H3. The normalized spacial score (nSPS) is 27.9. The van der Waals surface area contributed by atoms with E-state index in [1.807, 2.05) is 11.3 Å². The van der Waals surface area contributed by atoms with Crippen LogP contribution in [0.4, 0.5) is 0 Å². The van der Waals surface area contributed by atoms with E-state index in [4.69, 9.17) is 0 Å². The zero-order valence-corrected chi connectivity index (χ0v) is 13.5. The minimum Gasteiger partial charge on any atom is -0.314 e. The van der Waals surface area contributed by atoms with Gasteiger partial charge in [0.05, 0.1) is 0 Å². The molecule has 1 heterocycles. The van der Waals surface area contributed by atoms with Crippen molar-refractivity contribution in [1.29, 1.82) is 0 Å². The fraction of sp³-hybridized carbons (Fsp3) is 0.765. The Morgan fingerprint density at radius 3 is 2.79 bits per heavy atom. The van der Waals surface area contributed by atoms with Crippen LogP contribution in [0.5, 0.6) is 0 Å². The fourth-order valence-corrected chi connectivity index (χ4v) is 4.09. The Morgan fingerprint density at radius 1 is 1.32 bits per heavy atom. The van der Waals surface area contributed by atoms with Crippen molar-refractivity contribution in [3.05, 3.63) is 22.4 Å². The van der Waals surface area contributed by atoms with Gasteiger partial charge in [-0.1, -0.05) is 33.6 Å². The second-order valence-corrected chi connectivity index (χ2v) is 7.29. The van der Waals surface area contributed by atoms with Gasteiger partial charge in [0.15, 0.2) is 0 Å². The molecule has 1 nitrogen and oxygen atoms in total. The highest BCUT2D eigenvalue weighted by molar-refractivity contribution is 7.07. The molecule has 0 aromatic carbocycles. The van der Waals surface area contributed by atoms with E-state index in [1.54, 1.807) is 5.56 Å². The monoisotopic (exact) mass is 279 g/mol. The molecule has 1 N–H and O–H groups in total. The molecule has 0 aliphatic heterocycles. The predicted octanol–water partition coefficient (Wildman–Crippen LogP) is 4.73. The summed E-state index contributed by atoms with van der Waals surface area (Å²) in [6.45, 7) is 8.08. The summed E-state index contributed by atoms with van der Waals surface area (Å²) in [6.07, 6.45) is 6.97. The van der Waals surface area contributed by atoms with Crippen molar-refractivity contribution in [3.63, 3.8) is 0 Å². The van der Waals surface area contributed by atoms with Crippen molar-refractivity contribution >= 4 is 11.3 Å². The quantitative estimate of drug-likeness (QED) is 0.793. The van der Waals surface area contributed by atoms with Gasteiger partial charge in [-0.3, -0.25) is 0 Å². The average molecular weight is 279 g/mol. The van der Waals surface area contributed by atoms with E-state index in [-0.39, 0.29) is 0 Å². The van der Waals surface area contributed by atoms with Gasteiger partial charge in [-0.2, -0.15) is 11.3 Å². The van der Waals surface area contributed by atoms with Crippen LogP contribution < -0.4 is 5.32 Å². The lowest BCUT2D eigenvalue weighted by molar-refractivity contribution is 0.169. The summed E-state index contributed by atoms with van der Waals surface area (Å²) in [5.74, 6) is 2.74. The molecule has 1 aliphatic rings. The smallest absolute Gasteiger partial charge is 0.00104 e. The molecule has 3 unspecified atom stereocenters. The maximum absolute atomic E-state index is 3.66. The summed E-state index contributed by atoms with van der Waals surface area (Å²) >= 11 is 1.84. The Balaban J connectivity index is 1.94. The van der Waals surface area contributed by atoms with E-state index in [0.29, 0.717) is 6.04 Å². The Hall–Kier alpha value is -0.340. The van der Waals surface area contributed by atoms with Crippen LogP contribution in [0.15, 0.2) is 16.8 Å². The van der Waals surface area contributed by atoms with E-state index in [1.165, 1.54) is 38.6 Å². The molecule has 0 amide bonds. The van der Waals surface area contributed by atoms with E-state index in [0.717, 1.165) is 17.8 Å². The number of hydrogen-bond donors (Lipinski definition) is 1. The first-order valence-corrected chi connectivity index (χ1v) is 8.87. The third-order valence-corrected chi connectivity index (χ3v) is 5.42. The molecular formula is C17H29NS. The van der Waals surface area contributed by atoms with Crippen LogP contribution in [-0.4, -0.2) is 12.6 Å². The van der Waals surface area contributed by atoms with Crippen LogP contribution in [0.25, 0.3) is 0 Å². The molecule has 3 atom stereocenters. The third kappa shape index (κ3) is 4.61.